The van der Waals surface area contributed by atoms with E-state index in [1.165, 1.54) is 18.3 Å². The Morgan fingerprint density at radius 1 is 1.21 bits per heavy atom. The van der Waals surface area contributed by atoms with Crippen molar-refractivity contribution in [2.24, 2.45) is 0 Å². The second-order valence-corrected chi connectivity index (χ2v) is 6.87. The van der Waals surface area contributed by atoms with Gasteiger partial charge < -0.3 is 14.5 Å². The monoisotopic (exact) mass is 399 g/mol. The first-order valence-electron chi connectivity index (χ1n) is 8.84. The topological polar surface area (TPSA) is 93.5 Å². The van der Waals surface area contributed by atoms with E-state index in [9.17, 15) is 9.59 Å². The van der Waals surface area contributed by atoms with Gasteiger partial charge >= 0.3 is 0 Å². The Hall–Kier alpha value is -3.13. The molecule has 2 heterocycles. The Balaban J connectivity index is 1.55. The third kappa shape index (κ3) is 5.20. The molecule has 3 rings (SSSR count). The van der Waals surface area contributed by atoms with Crippen LogP contribution in [0.5, 0.6) is 5.75 Å². The van der Waals surface area contributed by atoms with Crippen LogP contribution in [-0.2, 0) is 22.6 Å². The average molecular weight is 399 g/mol. The summed E-state index contributed by atoms with van der Waals surface area (Å²) in [6.07, 6.45) is 0.834. The molecule has 3 aromatic rings. The molecular weight excluding hydrogens is 378 g/mol. The minimum Gasteiger partial charge on any atom is -0.483 e. The number of nitrogens with zero attached hydrogens (tertiary/aromatic N) is 1. The van der Waals surface area contributed by atoms with Crippen molar-refractivity contribution in [1.29, 1.82) is 0 Å². The van der Waals surface area contributed by atoms with E-state index in [1.807, 2.05) is 31.2 Å². The lowest BCUT2D eigenvalue weighted by atomic mass is 10.1. The van der Waals surface area contributed by atoms with Crippen LogP contribution in [0.15, 0.2) is 46.2 Å². The average Bonchev–Trinajstić information content (AvgIpc) is 3.34. The molecule has 0 radical (unpaired) electrons. The zero-order valence-electron chi connectivity index (χ0n) is 15.7. The Morgan fingerprint density at radius 2 is 2.04 bits per heavy atom. The van der Waals surface area contributed by atoms with E-state index in [4.69, 9.17) is 9.15 Å². The summed E-state index contributed by atoms with van der Waals surface area (Å²) in [5, 5.41) is 7.66. The van der Waals surface area contributed by atoms with Gasteiger partial charge in [0.05, 0.1) is 6.54 Å². The van der Waals surface area contributed by atoms with Crippen molar-refractivity contribution in [1.82, 2.24) is 10.3 Å². The second-order valence-electron chi connectivity index (χ2n) is 6.01. The second kappa shape index (κ2) is 9.18. The molecule has 1 aromatic carbocycles. The number of hydrogen-bond acceptors (Lipinski definition) is 6. The number of para-hydroxylation sites is 1. The molecular formula is C20H21N3O4S. The number of thiazole rings is 1. The van der Waals surface area contributed by atoms with E-state index >= 15 is 0 Å². The molecule has 8 heteroatoms. The number of aryl methyl sites for hydroxylation is 1. The number of rotatable bonds is 8. The Morgan fingerprint density at radius 3 is 2.82 bits per heavy atom. The molecule has 0 atom stereocenters. The number of amides is 2. The highest BCUT2D eigenvalue weighted by molar-refractivity contribution is 7.14. The van der Waals surface area contributed by atoms with Gasteiger partial charge in [-0.15, -0.1) is 11.3 Å². The van der Waals surface area contributed by atoms with Crippen LogP contribution in [0.2, 0.25) is 0 Å². The van der Waals surface area contributed by atoms with Gasteiger partial charge in [0, 0.05) is 12.3 Å². The van der Waals surface area contributed by atoms with Gasteiger partial charge in [-0.2, -0.15) is 0 Å². The van der Waals surface area contributed by atoms with Crippen LogP contribution in [0, 0.1) is 0 Å². The lowest BCUT2D eigenvalue weighted by molar-refractivity contribution is -0.119. The molecule has 7 nitrogen and oxygen atoms in total. The van der Waals surface area contributed by atoms with E-state index in [0.717, 1.165) is 12.0 Å². The molecule has 0 spiro atoms. The molecule has 28 heavy (non-hydrogen) atoms. The highest BCUT2D eigenvalue weighted by atomic mass is 32.1. The largest absolute Gasteiger partial charge is 0.483 e. The van der Waals surface area contributed by atoms with Gasteiger partial charge in [-0.1, -0.05) is 25.1 Å². The van der Waals surface area contributed by atoms with Crippen molar-refractivity contribution in [2.75, 3.05) is 11.9 Å². The lowest BCUT2D eigenvalue weighted by Gasteiger charge is -2.09. The van der Waals surface area contributed by atoms with Crippen LogP contribution in [0.3, 0.4) is 0 Å². The summed E-state index contributed by atoms with van der Waals surface area (Å²) in [4.78, 5) is 27.5. The van der Waals surface area contributed by atoms with E-state index < -0.39 is 0 Å². The number of carbonyl (C=O) groups excluding carboxylic acids is 2. The summed E-state index contributed by atoms with van der Waals surface area (Å²) in [6.45, 7) is 3.71. The molecule has 0 saturated carbocycles. The third-order valence-electron chi connectivity index (χ3n) is 3.89. The quantitative estimate of drug-likeness (QED) is 0.603. The van der Waals surface area contributed by atoms with E-state index in [2.05, 4.69) is 15.6 Å². The first-order chi connectivity index (χ1) is 13.5. The summed E-state index contributed by atoms with van der Waals surface area (Å²) < 4.78 is 11.3. The zero-order valence-corrected chi connectivity index (χ0v) is 16.5. The maximum Gasteiger partial charge on any atom is 0.264 e. The maximum absolute atomic E-state index is 12.2. The van der Waals surface area contributed by atoms with E-state index in [0.29, 0.717) is 34.6 Å². The SMILES string of the molecule is CCc1ccccc1OCC(=O)Nc1nc(-c2ccc(CNC(C)=O)o2)cs1. The molecule has 0 aliphatic rings. The smallest absolute Gasteiger partial charge is 0.264 e. The van der Waals surface area contributed by atoms with E-state index in [1.54, 1.807) is 17.5 Å². The number of furan rings is 1. The van der Waals surface area contributed by atoms with Gasteiger partial charge in [0.1, 0.15) is 17.2 Å². The van der Waals surface area contributed by atoms with Crippen LogP contribution >= 0.6 is 11.3 Å². The van der Waals surface area contributed by atoms with Gasteiger partial charge in [0.2, 0.25) is 5.91 Å². The molecule has 0 aliphatic carbocycles. The van der Waals surface area contributed by atoms with Gasteiger partial charge in [-0.3, -0.25) is 14.9 Å². The molecule has 0 aliphatic heterocycles. The normalized spacial score (nSPS) is 10.5. The van der Waals surface area contributed by atoms with Crippen LogP contribution < -0.4 is 15.4 Å². The van der Waals surface area contributed by atoms with E-state index in [-0.39, 0.29) is 18.4 Å². The van der Waals surface area contributed by atoms with Gasteiger partial charge in [0.15, 0.2) is 17.5 Å². The first kappa shape index (κ1) is 19.6. The van der Waals surface area contributed by atoms with Crippen LogP contribution in [0.1, 0.15) is 25.2 Å². The van der Waals surface area contributed by atoms with Crippen molar-refractivity contribution in [3.8, 4) is 17.2 Å². The van der Waals surface area contributed by atoms with Gasteiger partial charge in [-0.25, -0.2) is 4.98 Å². The Bertz CT molecular complexity index is 964. The number of carbonyl (C=O) groups is 2. The fourth-order valence-corrected chi connectivity index (χ4v) is 3.22. The molecule has 0 saturated heterocycles. The lowest BCUT2D eigenvalue weighted by Crippen LogP contribution is -2.20. The molecule has 2 amide bonds. The van der Waals surface area contributed by atoms with Crippen molar-refractivity contribution in [2.45, 2.75) is 26.8 Å². The standard InChI is InChI=1S/C20H21N3O4S/c1-3-14-6-4-5-7-17(14)26-11-19(25)23-20-22-16(12-28-20)18-9-8-15(27-18)10-21-13(2)24/h4-9,12H,3,10-11H2,1-2H3,(H,21,24)(H,22,23,25). The third-order valence-corrected chi connectivity index (χ3v) is 4.65. The van der Waals surface area contributed by atoms with Gasteiger partial charge in [0.25, 0.3) is 5.91 Å². The summed E-state index contributed by atoms with van der Waals surface area (Å²) >= 11 is 1.30. The fraction of sp³-hybridized carbons (Fsp3) is 0.250. The fourth-order valence-electron chi connectivity index (χ4n) is 2.50. The first-order valence-corrected chi connectivity index (χ1v) is 9.72. The summed E-state index contributed by atoms with van der Waals surface area (Å²) in [5.41, 5.74) is 1.67. The predicted molar refractivity (Wildman–Crippen MR) is 107 cm³/mol. The number of ether oxygens (including phenoxy) is 1. The minimum atomic E-state index is -0.280. The van der Waals surface area contributed by atoms with Crippen LogP contribution in [-0.4, -0.2) is 23.4 Å². The molecule has 0 fully saturated rings. The number of anilines is 1. The number of benzene rings is 1. The Kier molecular flexibility index (Phi) is 6.44. The Labute approximate surface area is 166 Å². The van der Waals surface area contributed by atoms with Crippen molar-refractivity contribution in [3.63, 3.8) is 0 Å². The number of aromatic nitrogens is 1. The predicted octanol–water partition coefficient (Wildman–Crippen LogP) is 3.62. The van der Waals surface area contributed by atoms with Crippen LogP contribution in [0.4, 0.5) is 5.13 Å². The molecule has 2 N–H and O–H groups in total. The maximum atomic E-state index is 12.2. The number of nitrogens with one attached hydrogen (secondary N) is 2. The minimum absolute atomic E-state index is 0.0897. The highest BCUT2D eigenvalue weighted by Gasteiger charge is 2.12. The molecule has 0 bridgehead atoms. The zero-order chi connectivity index (χ0) is 19.9. The van der Waals surface area contributed by atoms with Crippen molar-refractivity contribution < 1.29 is 18.7 Å². The summed E-state index contributed by atoms with van der Waals surface area (Å²) in [5.74, 6) is 1.51. The molecule has 0 unspecified atom stereocenters. The van der Waals surface area contributed by atoms with Crippen molar-refractivity contribution in [3.05, 3.63) is 53.1 Å². The summed E-state index contributed by atoms with van der Waals surface area (Å²) in [7, 11) is 0. The summed E-state index contributed by atoms with van der Waals surface area (Å²) in [6, 6.07) is 11.2. The number of hydrogen-bond donors (Lipinski definition) is 2. The van der Waals surface area contributed by atoms with Crippen molar-refractivity contribution >= 4 is 28.3 Å². The highest BCUT2D eigenvalue weighted by Crippen LogP contribution is 2.26. The van der Waals surface area contributed by atoms with Crippen LogP contribution in [0.25, 0.3) is 11.5 Å². The molecule has 146 valence electrons. The molecule has 2 aromatic heterocycles. The van der Waals surface area contributed by atoms with Gasteiger partial charge in [-0.05, 0) is 30.2 Å².